The van der Waals surface area contributed by atoms with E-state index in [-0.39, 0.29) is 6.79 Å². The molecule has 20 heavy (non-hydrogen) atoms. The summed E-state index contributed by atoms with van der Waals surface area (Å²) in [5.74, 6) is 2.65. The van der Waals surface area contributed by atoms with Gasteiger partial charge >= 0.3 is 0 Å². The summed E-state index contributed by atoms with van der Waals surface area (Å²) in [5.41, 5.74) is 0.644. The zero-order valence-electron chi connectivity index (χ0n) is 11.1. The Balaban J connectivity index is 1.74. The van der Waals surface area contributed by atoms with E-state index in [0.29, 0.717) is 29.4 Å². The third-order valence-electron chi connectivity index (χ3n) is 3.07. The van der Waals surface area contributed by atoms with Crippen LogP contribution in [0.25, 0.3) is 0 Å². The lowest BCUT2D eigenvalue weighted by Crippen LogP contribution is -1.98. The molecule has 2 heterocycles. The van der Waals surface area contributed by atoms with Crippen molar-refractivity contribution in [3.63, 3.8) is 0 Å². The molecular weight excluding hydrogens is 258 g/mol. The van der Waals surface area contributed by atoms with E-state index < -0.39 is 6.10 Å². The third-order valence-corrected chi connectivity index (χ3v) is 3.07. The van der Waals surface area contributed by atoms with Gasteiger partial charge in [-0.05, 0) is 30.7 Å². The average molecular weight is 273 g/mol. The van der Waals surface area contributed by atoms with Gasteiger partial charge in [0.25, 0.3) is 0 Å². The van der Waals surface area contributed by atoms with Gasteiger partial charge in [0.1, 0.15) is 11.5 Å². The monoisotopic (exact) mass is 273 g/mol. The van der Waals surface area contributed by atoms with Gasteiger partial charge in [0.15, 0.2) is 11.5 Å². The van der Waals surface area contributed by atoms with Crippen molar-refractivity contribution in [3.8, 4) is 23.0 Å². The van der Waals surface area contributed by atoms with Crippen LogP contribution in [0.15, 0.2) is 36.5 Å². The molecule has 1 atom stereocenters. The lowest BCUT2D eigenvalue weighted by Gasteiger charge is -2.09. The molecule has 1 aromatic heterocycles. The first-order valence-electron chi connectivity index (χ1n) is 6.48. The Morgan fingerprint density at radius 2 is 2.00 bits per heavy atom. The number of aliphatic hydroxyl groups is 1. The number of hydrogen-bond acceptors (Lipinski definition) is 5. The number of benzene rings is 1. The number of pyridine rings is 1. The highest BCUT2D eigenvalue weighted by atomic mass is 16.7. The maximum Gasteiger partial charge on any atom is 0.231 e. The van der Waals surface area contributed by atoms with E-state index in [2.05, 4.69) is 4.98 Å². The molecule has 1 aliphatic heterocycles. The van der Waals surface area contributed by atoms with Crippen LogP contribution in [0, 0.1) is 0 Å². The number of ether oxygens (including phenoxy) is 3. The highest BCUT2D eigenvalue weighted by Gasteiger charge is 2.14. The van der Waals surface area contributed by atoms with Crippen LogP contribution in [0.2, 0.25) is 0 Å². The fraction of sp³-hybridized carbons (Fsp3) is 0.267. The molecule has 1 aliphatic rings. The van der Waals surface area contributed by atoms with Gasteiger partial charge in [-0.3, -0.25) is 4.98 Å². The molecule has 0 spiro atoms. The van der Waals surface area contributed by atoms with Gasteiger partial charge < -0.3 is 19.3 Å². The first kappa shape index (κ1) is 12.7. The van der Waals surface area contributed by atoms with Gasteiger partial charge in [0.2, 0.25) is 6.79 Å². The second-order valence-corrected chi connectivity index (χ2v) is 4.46. The van der Waals surface area contributed by atoms with Crippen LogP contribution < -0.4 is 14.2 Å². The van der Waals surface area contributed by atoms with E-state index in [4.69, 9.17) is 14.2 Å². The molecule has 0 saturated heterocycles. The molecule has 104 valence electrons. The molecular formula is C15H15NO4. The first-order chi connectivity index (χ1) is 9.76. The highest BCUT2D eigenvalue weighted by molar-refractivity contribution is 5.47. The Kier molecular flexibility index (Phi) is 3.43. The lowest BCUT2D eigenvalue weighted by atomic mass is 10.2. The van der Waals surface area contributed by atoms with Gasteiger partial charge in [0, 0.05) is 6.07 Å². The largest absolute Gasteiger partial charge is 0.456 e. The molecule has 0 aliphatic carbocycles. The molecule has 0 unspecified atom stereocenters. The van der Waals surface area contributed by atoms with Gasteiger partial charge in [-0.1, -0.05) is 6.92 Å². The van der Waals surface area contributed by atoms with Crippen molar-refractivity contribution in [2.24, 2.45) is 0 Å². The zero-order chi connectivity index (χ0) is 13.9. The van der Waals surface area contributed by atoms with Crippen molar-refractivity contribution in [1.82, 2.24) is 4.98 Å². The van der Waals surface area contributed by atoms with E-state index in [0.717, 1.165) is 5.75 Å². The number of aliphatic hydroxyl groups excluding tert-OH is 1. The van der Waals surface area contributed by atoms with E-state index in [1.807, 2.05) is 13.0 Å². The minimum absolute atomic E-state index is 0.240. The fourth-order valence-electron chi connectivity index (χ4n) is 1.93. The predicted octanol–water partition coefficient (Wildman–Crippen LogP) is 3.05. The van der Waals surface area contributed by atoms with Crippen molar-refractivity contribution >= 4 is 0 Å². The van der Waals surface area contributed by atoms with Crippen LogP contribution in [0.4, 0.5) is 0 Å². The molecule has 1 N–H and O–H groups in total. The molecule has 0 amide bonds. The van der Waals surface area contributed by atoms with E-state index in [9.17, 15) is 5.11 Å². The Hall–Kier alpha value is -2.27. The summed E-state index contributed by atoms with van der Waals surface area (Å²) in [7, 11) is 0. The summed E-state index contributed by atoms with van der Waals surface area (Å²) in [6.45, 7) is 2.15. The van der Waals surface area contributed by atoms with Crippen LogP contribution in [-0.2, 0) is 0 Å². The molecule has 5 nitrogen and oxygen atoms in total. The predicted molar refractivity (Wildman–Crippen MR) is 72.1 cm³/mol. The smallest absolute Gasteiger partial charge is 0.231 e. The van der Waals surface area contributed by atoms with Crippen LogP contribution >= 0.6 is 0 Å². The summed E-state index contributed by atoms with van der Waals surface area (Å²) in [6.07, 6.45) is 1.70. The number of fused-ring (bicyclic) bond motifs is 1. The quantitative estimate of drug-likeness (QED) is 0.927. The van der Waals surface area contributed by atoms with Gasteiger partial charge in [-0.15, -0.1) is 0 Å². The van der Waals surface area contributed by atoms with Crippen molar-refractivity contribution in [2.45, 2.75) is 19.4 Å². The Morgan fingerprint density at radius 1 is 1.20 bits per heavy atom. The highest BCUT2D eigenvalue weighted by Crippen LogP contribution is 2.36. The van der Waals surface area contributed by atoms with Crippen LogP contribution in [-0.4, -0.2) is 16.9 Å². The number of nitrogens with zero attached hydrogens (tertiary/aromatic N) is 1. The normalized spacial score (nSPS) is 14.1. The van der Waals surface area contributed by atoms with E-state index in [1.54, 1.807) is 30.5 Å². The molecule has 5 heteroatoms. The lowest BCUT2D eigenvalue weighted by molar-refractivity contribution is 0.169. The minimum atomic E-state index is -0.533. The maximum absolute atomic E-state index is 9.68. The topological polar surface area (TPSA) is 60.8 Å². The van der Waals surface area contributed by atoms with Crippen molar-refractivity contribution in [1.29, 1.82) is 0 Å². The molecule has 0 bridgehead atoms. The van der Waals surface area contributed by atoms with E-state index in [1.165, 1.54) is 0 Å². The summed E-state index contributed by atoms with van der Waals surface area (Å²) in [6, 6.07) is 8.93. The summed E-state index contributed by atoms with van der Waals surface area (Å²) in [5, 5.41) is 9.68. The summed E-state index contributed by atoms with van der Waals surface area (Å²) < 4.78 is 16.2. The first-order valence-corrected chi connectivity index (χ1v) is 6.48. The van der Waals surface area contributed by atoms with Crippen molar-refractivity contribution in [3.05, 3.63) is 42.2 Å². The molecule has 1 aromatic carbocycles. The zero-order valence-corrected chi connectivity index (χ0v) is 11.1. The fourth-order valence-corrected chi connectivity index (χ4v) is 1.93. The molecule has 0 fully saturated rings. The van der Waals surface area contributed by atoms with Gasteiger partial charge in [0.05, 0.1) is 18.0 Å². The second-order valence-electron chi connectivity index (χ2n) is 4.46. The van der Waals surface area contributed by atoms with Crippen LogP contribution in [0.1, 0.15) is 25.1 Å². The number of aromatic nitrogens is 1. The summed E-state index contributed by atoms with van der Waals surface area (Å²) in [4.78, 5) is 4.19. The van der Waals surface area contributed by atoms with E-state index >= 15 is 0 Å². The minimum Gasteiger partial charge on any atom is -0.456 e. The number of hydrogen-bond donors (Lipinski definition) is 1. The molecule has 3 rings (SSSR count). The second kappa shape index (κ2) is 5.38. The SMILES string of the molecule is CC[C@H](O)c1ccc(Oc2ccc3c(c2)OCO3)cn1. The van der Waals surface area contributed by atoms with Crippen molar-refractivity contribution in [2.75, 3.05) is 6.79 Å². The Morgan fingerprint density at radius 3 is 2.75 bits per heavy atom. The van der Waals surface area contributed by atoms with Crippen molar-refractivity contribution < 1.29 is 19.3 Å². The maximum atomic E-state index is 9.68. The average Bonchev–Trinajstić information content (AvgIpc) is 2.95. The van der Waals surface area contributed by atoms with Gasteiger partial charge in [-0.2, -0.15) is 0 Å². The Labute approximate surface area is 116 Å². The molecule has 0 radical (unpaired) electrons. The number of rotatable bonds is 4. The van der Waals surface area contributed by atoms with Crippen LogP contribution in [0.3, 0.4) is 0 Å². The molecule has 2 aromatic rings. The molecule has 0 saturated carbocycles. The summed E-state index contributed by atoms with van der Waals surface area (Å²) >= 11 is 0. The standard InChI is InChI=1S/C15H15NO4/c1-2-13(17)12-5-3-11(8-16-12)20-10-4-6-14-15(7-10)19-9-18-14/h3-8,13,17H,2,9H2,1H3/t13-/m0/s1. The van der Waals surface area contributed by atoms with Gasteiger partial charge in [-0.25, -0.2) is 0 Å². The third kappa shape index (κ3) is 2.53. The Bertz CT molecular complexity index is 597. The van der Waals surface area contributed by atoms with Crippen LogP contribution in [0.5, 0.6) is 23.0 Å².